The minimum atomic E-state index is -3.79. The highest BCUT2D eigenvalue weighted by Crippen LogP contribution is 2.31. The van der Waals surface area contributed by atoms with E-state index < -0.39 is 10.0 Å². The molecule has 0 saturated carbocycles. The predicted molar refractivity (Wildman–Crippen MR) is 89.8 cm³/mol. The molecule has 0 saturated heterocycles. The van der Waals surface area contributed by atoms with Crippen LogP contribution in [0.5, 0.6) is 5.75 Å². The highest BCUT2D eigenvalue weighted by Gasteiger charge is 2.17. The molecule has 2 aromatic carbocycles. The van der Waals surface area contributed by atoms with Gasteiger partial charge < -0.3 is 10.5 Å². The van der Waals surface area contributed by atoms with Crippen molar-refractivity contribution in [2.24, 2.45) is 10.9 Å². The lowest BCUT2D eigenvalue weighted by Crippen LogP contribution is -2.27. The molecule has 0 amide bonds. The second-order valence-electron chi connectivity index (χ2n) is 5.93. The molecule has 0 aliphatic heterocycles. The molecule has 1 unspecified atom stereocenters. The highest BCUT2D eigenvalue weighted by molar-refractivity contribution is 7.89. The zero-order valence-electron chi connectivity index (χ0n) is 13.0. The van der Waals surface area contributed by atoms with Gasteiger partial charge in [-0.05, 0) is 53.6 Å². The predicted octanol–water partition coefficient (Wildman–Crippen LogP) is 1.83. The van der Waals surface area contributed by atoms with Gasteiger partial charge in [-0.15, -0.1) is 0 Å². The van der Waals surface area contributed by atoms with Crippen LogP contribution >= 0.6 is 0 Å². The van der Waals surface area contributed by atoms with E-state index in [-0.39, 0.29) is 10.9 Å². The van der Waals surface area contributed by atoms with Crippen LogP contribution < -0.4 is 15.6 Å². The van der Waals surface area contributed by atoms with Gasteiger partial charge in [-0.25, -0.2) is 13.6 Å². The van der Waals surface area contributed by atoms with Crippen LogP contribution in [0.15, 0.2) is 41.3 Å². The molecular weight excluding hydrogens is 312 g/mol. The Hall–Kier alpha value is -1.89. The number of methoxy groups -OCH3 is 1. The van der Waals surface area contributed by atoms with Gasteiger partial charge in [0.25, 0.3) is 0 Å². The van der Waals surface area contributed by atoms with Gasteiger partial charge in [-0.2, -0.15) is 0 Å². The number of hydrogen-bond donors (Lipinski definition) is 2. The summed E-state index contributed by atoms with van der Waals surface area (Å²) < 4.78 is 28.5. The zero-order chi connectivity index (χ0) is 16.6. The summed E-state index contributed by atoms with van der Waals surface area (Å²) in [6, 6.07) is 11.2. The fraction of sp³-hybridized carbons (Fsp3) is 0.294. The fourth-order valence-corrected chi connectivity index (χ4v) is 3.55. The van der Waals surface area contributed by atoms with Crippen LogP contribution in [0.4, 0.5) is 0 Å². The van der Waals surface area contributed by atoms with Crippen molar-refractivity contribution in [3.63, 3.8) is 0 Å². The van der Waals surface area contributed by atoms with Gasteiger partial charge in [0, 0.05) is 12.1 Å². The summed E-state index contributed by atoms with van der Waals surface area (Å²) in [4.78, 5) is 0.0478. The number of rotatable bonds is 3. The molecule has 1 atom stereocenters. The van der Waals surface area contributed by atoms with Crippen molar-refractivity contribution in [2.45, 2.75) is 30.2 Å². The Morgan fingerprint density at radius 3 is 2.57 bits per heavy atom. The summed E-state index contributed by atoms with van der Waals surface area (Å²) >= 11 is 0. The number of primary sulfonamides is 1. The average Bonchev–Trinajstić information content (AvgIpc) is 2.53. The van der Waals surface area contributed by atoms with Gasteiger partial charge in [0.15, 0.2) is 0 Å². The molecule has 2 aromatic rings. The van der Waals surface area contributed by atoms with Crippen LogP contribution in [0.25, 0.3) is 11.1 Å². The molecule has 0 bridgehead atoms. The Morgan fingerprint density at radius 2 is 1.87 bits per heavy atom. The highest BCUT2D eigenvalue weighted by atomic mass is 32.2. The lowest BCUT2D eigenvalue weighted by Gasteiger charge is -2.22. The standard InChI is InChI=1S/C17H20N2O3S/c1-22-16-8-14(9-17(10-16)23(19,20)21)12-2-3-13-7-15(18)5-4-11(13)6-12/h2-3,6,8-10,15H,4-5,7,18H2,1H3,(H2,19,20,21). The first-order chi connectivity index (χ1) is 10.9. The first-order valence-electron chi connectivity index (χ1n) is 7.46. The van der Waals surface area contributed by atoms with Crippen LogP contribution in [0.1, 0.15) is 17.5 Å². The number of fused-ring (bicyclic) bond motifs is 1. The van der Waals surface area contributed by atoms with Crippen molar-refractivity contribution >= 4 is 10.0 Å². The summed E-state index contributed by atoms with van der Waals surface area (Å²) in [5.41, 5.74) is 10.3. The molecule has 1 aliphatic carbocycles. The minimum absolute atomic E-state index is 0.0478. The van der Waals surface area contributed by atoms with Crippen LogP contribution in [0.2, 0.25) is 0 Å². The van der Waals surface area contributed by atoms with Gasteiger partial charge in [0.1, 0.15) is 5.75 Å². The Morgan fingerprint density at radius 1 is 1.09 bits per heavy atom. The third-order valence-electron chi connectivity index (χ3n) is 4.25. The molecule has 0 radical (unpaired) electrons. The lowest BCUT2D eigenvalue weighted by molar-refractivity contribution is 0.413. The molecular formula is C17H20N2O3S. The molecule has 5 nitrogen and oxygen atoms in total. The summed E-state index contributed by atoms with van der Waals surface area (Å²) in [5, 5.41) is 5.26. The molecule has 1 aliphatic rings. The summed E-state index contributed by atoms with van der Waals surface area (Å²) in [6.07, 6.45) is 2.80. The maximum absolute atomic E-state index is 11.7. The normalized spacial score (nSPS) is 17.6. The van der Waals surface area contributed by atoms with Crippen LogP contribution in [0, 0.1) is 0 Å². The molecule has 0 heterocycles. The van der Waals surface area contributed by atoms with Gasteiger partial charge in [0.2, 0.25) is 10.0 Å². The smallest absolute Gasteiger partial charge is 0.238 e. The molecule has 6 heteroatoms. The van der Waals surface area contributed by atoms with Crippen molar-refractivity contribution in [1.82, 2.24) is 0 Å². The van der Waals surface area contributed by atoms with Crippen molar-refractivity contribution in [3.8, 4) is 16.9 Å². The third-order valence-corrected chi connectivity index (χ3v) is 5.14. The second-order valence-corrected chi connectivity index (χ2v) is 7.49. The number of benzene rings is 2. The number of ether oxygens (including phenoxy) is 1. The fourth-order valence-electron chi connectivity index (χ4n) is 2.98. The quantitative estimate of drug-likeness (QED) is 0.896. The Balaban J connectivity index is 2.08. The molecule has 4 N–H and O–H groups in total. The van der Waals surface area contributed by atoms with Crippen molar-refractivity contribution in [3.05, 3.63) is 47.5 Å². The van der Waals surface area contributed by atoms with Crippen molar-refractivity contribution < 1.29 is 13.2 Å². The number of aryl methyl sites for hydroxylation is 1. The molecule has 0 spiro atoms. The summed E-state index contributed by atoms with van der Waals surface area (Å²) in [5.74, 6) is 0.464. The number of hydrogen-bond acceptors (Lipinski definition) is 4. The Labute approximate surface area is 136 Å². The van der Waals surface area contributed by atoms with E-state index in [1.807, 2.05) is 12.1 Å². The Kier molecular flexibility index (Phi) is 4.14. The summed E-state index contributed by atoms with van der Waals surface area (Å²) in [7, 11) is -2.29. The molecule has 23 heavy (non-hydrogen) atoms. The topological polar surface area (TPSA) is 95.4 Å². The monoisotopic (exact) mass is 332 g/mol. The van der Waals surface area contributed by atoms with Gasteiger partial charge >= 0.3 is 0 Å². The van der Waals surface area contributed by atoms with E-state index in [4.69, 9.17) is 15.6 Å². The maximum atomic E-state index is 11.7. The molecule has 0 aromatic heterocycles. The summed E-state index contributed by atoms with van der Waals surface area (Å²) in [6.45, 7) is 0. The van der Waals surface area contributed by atoms with E-state index in [2.05, 4.69) is 12.1 Å². The van der Waals surface area contributed by atoms with E-state index in [1.165, 1.54) is 24.3 Å². The zero-order valence-corrected chi connectivity index (χ0v) is 13.8. The number of sulfonamides is 1. The second kappa shape index (κ2) is 5.96. The van der Waals surface area contributed by atoms with E-state index >= 15 is 0 Å². The third kappa shape index (κ3) is 3.39. The number of nitrogens with two attached hydrogens (primary N) is 2. The first-order valence-corrected chi connectivity index (χ1v) is 9.01. The van der Waals surface area contributed by atoms with Crippen LogP contribution in [0.3, 0.4) is 0 Å². The largest absolute Gasteiger partial charge is 0.497 e. The van der Waals surface area contributed by atoms with Gasteiger partial charge in [0.05, 0.1) is 12.0 Å². The van der Waals surface area contributed by atoms with Crippen molar-refractivity contribution in [1.29, 1.82) is 0 Å². The van der Waals surface area contributed by atoms with Gasteiger partial charge in [-0.1, -0.05) is 18.2 Å². The molecule has 0 fully saturated rings. The van der Waals surface area contributed by atoms with E-state index in [0.717, 1.165) is 30.4 Å². The van der Waals surface area contributed by atoms with Crippen LogP contribution in [-0.2, 0) is 22.9 Å². The van der Waals surface area contributed by atoms with Crippen molar-refractivity contribution in [2.75, 3.05) is 7.11 Å². The van der Waals surface area contributed by atoms with E-state index in [0.29, 0.717) is 5.75 Å². The molecule has 122 valence electrons. The first kappa shape index (κ1) is 16.0. The maximum Gasteiger partial charge on any atom is 0.238 e. The Bertz CT molecular complexity index is 847. The molecule has 3 rings (SSSR count). The van der Waals surface area contributed by atoms with E-state index in [9.17, 15) is 8.42 Å². The minimum Gasteiger partial charge on any atom is -0.497 e. The SMILES string of the molecule is COc1cc(-c2ccc3c(c2)CCC(N)C3)cc(S(N)(=O)=O)c1. The lowest BCUT2D eigenvalue weighted by atomic mass is 9.87. The van der Waals surface area contributed by atoms with E-state index in [1.54, 1.807) is 6.07 Å². The average molecular weight is 332 g/mol. The van der Waals surface area contributed by atoms with Gasteiger partial charge in [-0.3, -0.25) is 0 Å². The van der Waals surface area contributed by atoms with Crippen LogP contribution in [-0.4, -0.2) is 21.6 Å².